The number of pyridine rings is 1. The molecule has 1 aromatic heterocycles. The summed E-state index contributed by atoms with van der Waals surface area (Å²) in [5.74, 6) is 0. The lowest BCUT2D eigenvalue weighted by Crippen LogP contribution is -2.27. The van der Waals surface area contributed by atoms with Crippen LogP contribution in [0.1, 0.15) is 36.6 Å². The van der Waals surface area contributed by atoms with E-state index in [0.717, 1.165) is 37.4 Å². The first kappa shape index (κ1) is 11.4. The summed E-state index contributed by atoms with van der Waals surface area (Å²) in [4.78, 5) is 3.46. The summed E-state index contributed by atoms with van der Waals surface area (Å²) in [6, 6.07) is 2.72. The number of rotatable bonds is 1. The predicted molar refractivity (Wildman–Crippen MR) is 53.8 cm³/mol. The normalized spacial score (nSPS) is 22.1. The van der Waals surface area contributed by atoms with Crippen molar-refractivity contribution < 1.29 is 13.2 Å². The molecule has 0 bridgehead atoms. The Morgan fingerprint density at radius 3 is 2.56 bits per heavy atom. The topological polar surface area (TPSA) is 24.9 Å². The van der Waals surface area contributed by atoms with Gasteiger partial charge in [0.15, 0.2) is 0 Å². The third-order valence-corrected chi connectivity index (χ3v) is 2.79. The van der Waals surface area contributed by atoms with Gasteiger partial charge in [-0.25, -0.2) is 0 Å². The number of nitrogens with zero attached hydrogens (tertiary/aromatic N) is 1. The highest BCUT2D eigenvalue weighted by Gasteiger charge is 2.32. The quantitative estimate of drug-likeness (QED) is 0.802. The van der Waals surface area contributed by atoms with E-state index in [-0.39, 0.29) is 6.04 Å². The van der Waals surface area contributed by atoms with Crippen molar-refractivity contribution in [1.29, 1.82) is 0 Å². The summed E-state index contributed by atoms with van der Waals surface area (Å²) < 4.78 is 36.9. The SMILES string of the molecule is FC(F)(F)c1ccc(C2CCCCN2)cn1. The van der Waals surface area contributed by atoms with Gasteiger partial charge in [-0.3, -0.25) is 4.98 Å². The third kappa shape index (κ3) is 2.52. The van der Waals surface area contributed by atoms with Crippen molar-refractivity contribution >= 4 is 0 Å². The summed E-state index contributed by atoms with van der Waals surface area (Å²) in [5.41, 5.74) is 0.0137. The Hall–Kier alpha value is -1.10. The van der Waals surface area contributed by atoms with Crippen LogP contribution >= 0.6 is 0 Å². The van der Waals surface area contributed by atoms with Gasteiger partial charge in [0.2, 0.25) is 0 Å². The number of alkyl halides is 3. The summed E-state index contributed by atoms with van der Waals surface area (Å²) in [5, 5.41) is 3.27. The van der Waals surface area contributed by atoms with Crippen LogP contribution in [-0.2, 0) is 6.18 Å². The third-order valence-electron chi connectivity index (χ3n) is 2.79. The molecule has 0 aromatic carbocycles. The van der Waals surface area contributed by atoms with E-state index in [4.69, 9.17) is 0 Å². The van der Waals surface area contributed by atoms with E-state index >= 15 is 0 Å². The van der Waals surface area contributed by atoms with E-state index in [0.29, 0.717) is 0 Å². The molecule has 1 aromatic rings. The minimum absolute atomic E-state index is 0.156. The highest BCUT2D eigenvalue weighted by atomic mass is 19.4. The van der Waals surface area contributed by atoms with Crippen LogP contribution in [0.15, 0.2) is 18.3 Å². The molecule has 1 aliphatic heterocycles. The maximum Gasteiger partial charge on any atom is 0.433 e. The van der Waals surface area contributed by atoms with Crippen molar-refractivity contribution in [3.05, 3.63) is 29.6 Å². The van der Waals surface area contributed by atoms with Gasteiger partial charge < -0.3 is 5.32 Å². The van der Waals surface area contributed by atoms with Crippen LogP contribution in [0.3, 0.4) is 0 Å². The molecule has 0 spiro atoms. The second-order valence-corrected chi connectivity index (χ2v) is 3.98. The van der Waals surface area contributed by atoms with Gasteiger partial charge >= 0.3 is 6.18 Å². The number of aromatic nitrogens is 1. The van der Waals surface area contributed by atoms with E-state index in [2.05, 4.69) is 10.3 Å². The monoisotopic (exact) mass is 230 g/mol. The molecule has 0 radical (unpaired) electrons. The largest absolute Gasteiger partial charge is 0.433 e. The van der Waals surface area contributed by atoms with Crippen molar-refractivity contribution in [2.24, 2.45) is 0 Å². The zero-order valence-corrected chi connectivity index (χ0v) is 8.72. The molecule has 0 saturated carbocycles. The van der Waals surface area contributed by atoms with Crippen LogP contribution in [0.5, 0.6) is 0 Å². The standard InChI is InChI=1S/C11H13F3N2/c12-11(13,14)10-5-4-8(7-16-10)9-3-1-2-6-15-9/h4-5,7,9,15H,1-3,6H2. The van der Waals surface area contributed by atoms with Crippen molar-refractivity contribution in [2.75, 3.05) is 6.54 Å². The fourth-order valence-electron chi connectivity index (χ4n) is 1.92. The molecule has 1 aliphatic rings. The molecular weight excluding hydrogens is 217 g/mol. The summed E-state index contributed by atoms with van der Waals surface area (Å²) in [6.45, 7) is 0.922. The fraction of sp³-hybridized carbons (Fsp3) is 0.545. The Morgan fingerprint density at radius 1 is 1.25 bits per heavy atom. The minimum atomic E-state index is -4.35. The van der Waals surface area contributed by atoms with Crippen molar-refractivity contribution in [3.63, 3.8) is 0 Å². The maximum atomic E-state index is 12.3. The lowest BCUT2D eigenvalue weighted by atomic mass is 9.99. The van der Waals surface area contributed by atoms with E-state index < -0.39 is 11.9 Å². The van der Waals surface area contributed by atoms with E-state index in [1.807, 2.05) is 0 Å². The van der Waals surface area contributed by atoms with Crippen molar-refractivity contribution in [1.82, 2.24) is 10.3 Å². The van der Waals surface area contributed by atoms with Gasteiger partial charge in [0, 0.05) is 12.2 Å². The molecule has 0 aliphatic carbocycles. The van der Waals surface area contributed by atoms with E-state index in [1.165, 1.54) is 12.3 Å². The average molecular weight is 230 g/mol. The molecule has 1 N–H and O–H groups in total. The Bertz CT molecular complexity index is 339. The molecule has 2 nitrogen and oxygen atoms in total. The molecule has 1 unspecified atom stereocenters. The molecule has 2 heterocycles. The number of hydrogen-bond donors (Lipinski definition) is 1. The number of nitrogens with one attached hydrogen (secondary N) is 1. The molecule has 88 valence electrons. The second-order valence-electron chi connectivity index (χ2n) is 3.98. The lowest BCUT2D eigenvalue weighted by Gasteiger charge is -2.23. The van der Waals surface area contributed by atoms with Gasteiger partial charge in [-0.05, 0) is 31.0 Å². The highest BCUT2D eigenvalue weighted by Crippen LogP contribution is 2.29. The first-order valence-electron chi connectivity index (χ1n) is 5.34. The van der Waals surface area contributed by atoms with Gasteiger partial charge in [0.05, 0.1) is 0 Å². The molecule has 1 fully saturated rings. The predicted octanol–water partition coefficient (Wildman–Crippen LogP) is 2.92. The Kier molecular flexibility index (Phi) is 3.14. The molecule has 1 atom stereocenters. The first-order valence-corrected chi connectivity index (χ1v) is 5.34. The minimum Gasteiger partial charge on any atom is -0.310 e. The van der Waals surface area contributed by atoms with Crippen LogP contribution in [-0.4, -0.2) is 11.5 Å². The van der Waals surface area contributed by atoms with Gasteiger partial charge in [-0.15, -0.1) is 0 Å². The van der Waals surface area contributed by atoms with E-state index in [9.17, 15) is 13.2 Å². The van der Waals surface area contributed by atoms with Crippen LogP contribution < -0.4 is 5.32 Å². The summed E-state index contributed by atoms with van der Waals surface area (Å²) in [7, 11) is 0. The van der Waals surface area contributed by atoms with Gasteiger partial charge in [-0.2, -0.15) is 13.2 Å². The van der Waals surface area contributed by atoms with Crippen LogP contribution in [0.25, 0.3) is 0 Å². The number of halogens is 3. The van der Waals surface area contributed by atoms with Crippen LogP contribution in [0, 0.1) is 0 Å². The maximum absolute atomic E-state index is 12.3. The van der Waals surface area contributed by atoms with Crippen LogP contribution in [0.2, 0.25) is 0 Å². The Labute approximate surface area is 91.9 Å². The first-order chi connectivity index (χ1) is 7.57. The van der Waals surface area contributed by atoms with Gasteiger partial charge in [-0.1, -0.05) is 12.5 Å². The molecule has 5 heteroatoms. The molecular formula is C11H13F3N2. The highest BCUT2D eigenvalue weighted by molar-refractivity contribution is 5.19. The molecule has 0 amide bonds. The zero-order chi connectivity index (χ0) is 11.6. The van der Waals surface area contributed by atoms with Gasteiger partial charge in [0.1, 0.15) is 5.69 Å². The van der Waals surface area contributed by atoms with Crippen molar-refractivity contribution in [2.45, 2.75) is 31.5 Å². The van der Waals surface area contributed by atoms with E-state index in [1.54, 1.807) is 0 Å². The second kappa shape index (κ2) is 4.41. The zero-order valence-electron chi connectivity index (χ0n) is 8.72. The summed E-state index contributed by atoms with van der Waals surface area (Å²) in [6.07, 6.45) is 0.181. The Morgan fingerprint density at radius 2 is 2.06 bits per heavy atom. The fourth-order valence-corrected chi connectivity index (χ4v) is 1.92. The Balaban J connectivity index is 2.12. The number of piperidine rings is 1. The van der Waals surface area contributed by atoms with Crippen molar-refractivity contribution in [3.8, 4) is 0 Å². The molecule has 16 heavy (non-hydrogen) atoms. The molecule has 1 saturated heterocycles. The van der Waals surface area contributed by atoms with Crippen LogP contribution in [0.4, 0.5) is 13.2 Å². The lowest BCUT2D eigenvalue weighted by molar-refractivity contribution is -0.141. The average Bonchev–Trinajstić information content (AvgIpc) is 2.29. The summed E-state index contributed by atoms with van der Waals surface area (Å²) >= 11 is 0. The smallest absolute Gasteiger partial charge is 0.310 e. The van der Waals surface area contributed by atoms with Gasteiger partial charge in [0.25, 0.3) is 0 Å². The molecule has 2 rings (SSSR count). The number of hydrogen-bond acceptors (Lipinski definition) is 2.